The Morgan fingerprint density at radius 2 is 1.86 bits per heavy atom. The quantitative estimate of drug-likeness (QED) is 0.842. The molecule has 1 aliphatic carbocycles. The molecule has 3 rings (SSSR count). The number of carbonyl (C=O) groups excluding carboxylic acids is 1. The first kappa shape index (κ1) is 14.9. The lowest BCUT2D eigenvalue weighted by atomic mass is 9.98. The van der Waals surface area contributed by atoms with Gasteiger partial charge in [-0.3, -0.25) is 9.59 Å². The summed E-state index contributed by atoms with van der Waals surface area (Å²) in [5.41, 5.74) is 1.75. The molecule has 2 aliphatic rings. The van der Waals surface area contributed by atoms with Crippen LogP contribution in [0.2, 0.25) is 0 Å². The molecule has 0 aromatic heterocycles. The summed E-state index contributed by atoms with van der Waals surface area (Å²) in [4.78, 5) is 25.7. The van der Waals surface area contributed by atoms with Crippen LogP contribution >= 0.6 is 0 Å². The van der Waals surface area contributed by atoms with E-state index in [4.69, 9.17) is 0 Å². The van der Waals surface area contributed by atoms with Crippen molar-refractivity contribution in [2.75, 3.05) is 10.2 Å². The molecule has 5 heteroatoms. The fraction of sp³-hybridized carbons (Fsp3) is 0.529. The Bertz CT molecular complexity index is 565. The number of anilines is 2. The average Bonchev–Trinajstić information content (AvgIpc) is 2.76. The van der Waals surface area contributed by atoms with Crippen LogP contribution in [-0.2, 0) is 9.59 Å². The van der Waals surface area contributed by atoms with Gasteiger partial charge in [-0.05, 0) is 25.0 Å². The number of carboxylic acids is 1. The van der Waals surface area contributed by atoms with E-state index in [0.29, 0.717) is 0 Å². The zero-order chi connectivity index (χ0) is 15.5. The molecule has 1 fully saturated rings. The van der Waals surface area contributed by atoms with Gasteiger partial charge in [-0.1, -0.05) is 37.8 Å². The number of aliphatic carboxylic acids is 1. The maximum absolute atomic E-state index is 12.4. The SMILES string of the molecule is O=C(O)CC1C(=O)Nc2ccccc2N1C1CCCCCC1. The van der Waals surface area contributed by atoms with Crippen LogP contribution < -0.4 is 10.2 Å². The number of para-hydroxylation sites is 2. The molecule has 1 aromatic rings. The minimum absolute atomic E-state index is 0.156. The first-order valence-corrected chi connectivity index (χ1v) is 8.07. The minimum Gasteiger partial charge on any atom is -0.481 e. The molecule has 1 aliphatic heterocycles. The number of carbonyl (C=O) groups is 2. The number of amides is 1. The lowest BCUT2D eigenvalue weighted by molar-refractivity contribution is -0.139. The van der Waals surface area contributed by atoms with Crippen LogP contribution in [-0.4, -0.2) is 29.1 Å². The molecule has 1 atom stereocenters. The van der Waals surface area contributed by atoms with Crippen molar-refractivity contribution in [3.8, 4) is 0 Å². The molecule has 0 spiro atoms. The highest BCUT2D eigenvalue weighted by atomic mass is 16.4. The number of nitrogens with one attached hydrogen (secondary N) is 1. The van der Waals surface area contributed by atoms with E-state index < -0.39 is 12.0 Å². The maximum atomic E-state index is 12.4. The fourth-order valence-electron chi connectivity index (χ4n) is 3.66. The molecule has 1 heterocycles. The van der Waals surface area contributed by atoms with Gasteiger partial charge in [-0.2, -0.15) is 0 Å². The summed E-state index contributed by atoms with van der Waals surface area (Å²) in [5.74, 6) is -1.14. The Hall–Kier alpha value is -2.04. The second-order valence-electron chi connectivity index (χ2n) is 6.17. The molecule has 2 N–H and O–H groups in total. The van der Waals surface area contributed by atoms with Gasteiger partial charge in [0.25, 0.3) is 0 Å². The summed E-state index contributed by atoms with van der Waals surface area (Å²) in [7, 11) is 0. The van der Waals surface area contributed by atoms with E-state index in [1.54, 1.807) is 0 Å². The minimum atomic E-state index is -0.932. The number of nitrogens with zero attached hydrogens (tertiary/aromatic N) is 1. The standard InChI is InChI=1S/C17H22N2O3/c20-16(21)11-15-17(22)18-13-9-5-6-10-14(13)19(15)12-7-3-1-2-4-8-12/h5-6,9-10,12,15H,1-4,7-8,11H2,(H,18,22)(H,20,21). The van der Waals surface area contributed by atoms with Crippen LogP contribution in [0.3, 0.4) is 0 Å². The van der Waals surface area contributed by atoms with Crippen LogP contribution in [0, 0.1) is 0 Å². The number of hydrogen-bond donors (Lipinski definition) is 2. The number of fused-ring (bicyclic) bond motifs is 1. The van der Waals surface area contributed by atoms with Crippen molar-refractivity contribution >= 4 is 23.3 Å². The molecule has 1 saturated carbocycles. The maximum Gasteiger partial charge on any atom is 0.305 e. The molecule has 5 nitrogen and oxygen atoms in total. The van der Waals surface area contributed by atoms with Crippen molar-refractivity contribution in [1.82, 2.24) is 0 Å². The normalized spacial score (nSPS) is 22.6. The number of benzene rings is 1. The van der Waals surface area contributed by atoms with Gasteiger partial charge < -0.3 is 15.3 Å². The number of rotatable bonds is 3. The molecule has 1 amide bonds. The summed E-state index contributed by atoms with van der Waals surface area (Å²) >= 11 is 0. The molecule has 0 radical (unpaired) electrons. The Balaban J connectivity index is 1.98. The summed E-state index contributed by atoms with van der Waals surface area (Å²) in [5, 5.41) is 12.1. The molecule has 1 unspecified atom stereocenters. The predicted molar refractivity (Wildman–Crippen MR) is 85.1 cm³/mol. The molecule has 22 heavy (non-hydrogen) atoms. The molecule has 118 valence electrons. The number of hydrogen-bond acceptors (Lipinski definition) is 3. The Kier molecular flexibility index (Phi) is 4.32. The summed E-state index contributed by atoms with van der Waals surface area (Å²) < 4.78 is 0. The fourth-order valence-corrected chi connectivity index (χ4v) is 3.66. The van der Waals surface area contributed by atoms with Crippen LogP contribution in [0.25, 0.3) is 0 Å². The van der Waals surface area contributed by atoms with Gasteiger partial charge in [-0.15, -0.1) is 0 Å². The first-order chi connectivity index (χ1) is 10.7. The van der Waals surface area contributed by atoms with Crippen LogP contribution in [0.4, 0.5) is 11.4 Å². The lowest BCUT2D eigenvalue weighted by Crippen LogP contribution is -2.53. The van der Waals surface area contributed by atoms with Crippen molar-refractivity contribution in [3.05, 3.63) is 24.3 Å². The van der Waals surface area contributed by atoms with E-state index in [1.807, 2.05) is 24.3 Å². The van der Waals surface area contributed by atoms with Crippen molar-refractivity contribution in [2.45, 2.75) is 57.0 Å². The molecule has 0 saturated heterocycles. The molecular formula is C17H22N2O3. The second kappa shape index (κ2) is 6.38. The number of carboxylic acid groups (broad SMARTS) is 1. The Morgan fingerprint density at radius 1 is 1.18 bits per heavy atom. The molecule has 1 aromatic carbocycles. The van der Waals surface area contributed by atoms with Gasteiger partial charge in [0.05, 0.1) is 17.8 Å². The Morgan fingerprint density at radius 3 is 2.55 bits per heavy atom. The van der Waals surface area contributed by atoms with Crippen LogP contribution in [0.1, 0.15) is 44.9 Å². The van der Waals surface area contributed by atoms with Crippen molar-refractivity contribution < 1.29 is 14.7 Å². The van der Waals surface area contributed by atoms with E-state index in [2.05, 4.69) is 10.2 Å². The van der Waals surface area contributed by atoms with Gasteiger partial charge in [0.1, 0.15) is 6.04 Å². The van der Waals surface area contributed by atoms with Crippen LogP contribution in [0.5, 0.6) is 0 Å². The highest BCUT2D eigenvalue weighted by Crippen LogP contribution is 2.37. The third-order valence-electron chi connectivity index (χ3n) is 4.66. The van der Waals surface area contributed by atoms with E-state index in [0.717, 1.165) is 37.1 Å². The van der Waals surface area contributed by atoms with E-state index >= 15 is 0 Å². The van der Waals surface area contributed by atoms with Crippen molar-refractivity contribution in [1.29, 1.82) is 0 Å². The zero-order valence-corrected chi connectivity index (χ0v) is 12.6. The largest absolute Gasteiger partial charge is 0.481 e. The summed E-state index contributed by atoms with van der Waals surface area (Å²) in [6, 6.07) is 7.33. The summed E-state index contributed by atoms with van der Waals surface area (Å²) in [6.45, 7) is 0. The van der Waals surface area contributed by atoms with E-state index in [1.165, 1.54) is 12.8 Å². The average molecular weight is 302 g/mol. The predicted octanol–water partition coefficient (Wildman–Crippen LogP) is 3.01. The lowest BCUT2D eigenvalue weighted by Gasteiger charge is -2.42. The van der Waals surface area contributed by atoms with E-state index in [-0.39, 0.29) is 18.4 Å². The zero-order valence-electron chi connectivity index (χ0n) is 12.6. The smallest absolute Gasteiger partial charge is 0.305 e. The molecular weight excluding hydrogens is 280 g/mol. The first-order valence-electron chi connectivity index (χ1n) is 8.07. The highest BCUT2D eigenvalue weighted by molar-refractivity contribution is 6.05. The molecule has 0 bridgehead atoms. The van der Waals surface area contributed by atoms with Crippen molar-refractivity contribution in [3.63, 3.8) is 0 Å². The van der Waals surface area contributed by atoms with Gasteiger partial charge >= 0.3 is 5.97 Å². The van der Waals surface area contributed by atoms with Gasteiger partial charge in [0.15, 0.2) is 0 Å². The highest BCUT2D eigenvalue weighted by Gasteiger charge is 2.38. The topological polar surface area (TPSA) is 69.6 Å². The third-order valence-corrected chi connectivity index (χ3v) is 4.66. The van der Waals surface area contributed by atoms with Crippen LogP contribution in [0.15, 0.2) is 24.3 Å². The second-order valence-corrected chi connectivity index (χ2v) is 6.17. The van der Waals surface area contributed by atoms with Gasteiger partial charge in [0.2, 0.25) is 5.91 Å². The van der Waals surface area contributed by atoms with E-state index in [9.17, 15) is 14.7 Å². The monoisotopic (exact) mass is 302 g/mol. The van der Waals surface area contributed by atoms with Gasteiger partial charge in [0, 0.05) is 6.04 Å². The Labute approximate surface area is 130 Å². The third kappa shape index (κ3) is 2.93. The summed E-state index contributed by atoms with van der Waals surface area (Å²) in [6.07, 6.45) is 6.63. The van der Waals surface area contributed by atoms with Gasteiger partial charge in [-0.25, -0.2) is 0 Å². The van der Waals surface area contributed by atoms with Crippen molar-refractivity contribution in [2.24, 2.45) is 0 Å².